The highest BCUT2D eigenvalue weighted by Gasteiger charge is 2.24. The van der Waals surface area contributed by atoms with Crippen molar-refractivity contribution in [3.05, 3.63) is 53.6 Å². The summed E-state index contributed by atoms with van der Waals surface area (Å²) in [6.45, 7) is 7.42. The van der Waals surface area contributed by atoms with Crippen LogP contribution in [0, 0.1) is 0 Å². The van der Waals surface area contributed by atoms with Gasteiger partial charge in [-0.1, -0.05) is 18.2 Å². The number of carbonyl (C=O) groups is 2. The third-order valence-electron chi connectivity index (χ3n) is 4.11. The largest absolute Gasteiger partial charge is 0.444 e. The maximum Gasteiger partial charge on any atom is 0.412 e. The molecule has 0 spiro atoms. The Morgan fingerprint density at radius 3 is 1.89 bits per heavy atom. The van der Waals surface area contributed by atoms with Gasteiger partial charge in [0, 0.05) is 11.4 Å². The molecular formula is C21H21BN2O3. The molecule has 0 atom stereocenters. The Bertz CT molecular complexity index is 958. The maximum absolute atomic E-state index is 12.0. The van der Waals surface area contributed by atoms with Gasteiger partial charge in [0.15, 0.2) is 5.81 Å². The monoisotopic (exact) mass is 360 g/mol. The predicted octanol–water partition coefficient (Wildman–Crippen LogP) is 5.17. The Labute approximate surface area is 160 Å². The Morgan fingerprint density at radius 2 is 1.44 bits per heavy atom. The maximum atomic E-state index is 12.0. The number of anilines is 2. The van der Waals surface area contributed by atoms with E-state index >= 15 is 0 Å². The van der Waals surface area contributed by atoms with Gasteiger partial charge < -0.3 is 10.1 Å². The van der Waals surface area contributed by atoms with Gasteiger partial charge in [0.2, 0.25) is 7.85 Å². The fourth-order valence-electron chi connectivity index (χ4n) is 3.18. The zero-order chi connectivity index (χ0) is 19.8. The Morgan fingerprint density at radius 1 is 0.926 bits per heavy atom. The zero-order valence-electron chi connectivity index (χ0n) is 15.8. The van der Waals surface area contributed by atoms with Crippen LogP contribution in [0.2, 0.25) is 0 Å². The molecule has 0 saturated carbocycles. The van der Waals surface area contributed by atoms with Crippen LogP contribution in [0.4, 0.5) is 21.0 Å². The minimum atomic E-state index is -0.601. The molecule has 1 aliphatic carbocycles. The van der Waals surface area contributed by atoms with Crippen molar-refractivity contribution in [1.82, 2.24) is 0 Å². The molecule has 0 saturated heterocycles. The average molecular weight is 360 g/mol. The van der Waals surface area contributed by atoms with Crippen LogP contribution in [0.5, 0.6) is 0 Å². The van der Waals surface area contributed by atoms with E-state index < -0.39 is 17.5 Å². The van der Waals surface area contributed by atoms with E-state index in [1.165, 1.54) is 0 Å². The number of carbonyl (C=O) groups excluding carboxylic acids is 2. The van der Waals surface area contributed by atoms with E-state index in [4.69, 9.17) is 12.6 Å². The van der Waals surface area contributed by atoms with Crippen LogP contribution in [0.25, 0.3) is 16.7 Å². The van der Waals surface area contributed by atoms with Crippen molar-refractivity contribution in [3.8, 4) is 11.1 Å². The number of nitrogens with one attached hydrogen (secondary N) is 2. The molecule has 0 heterocycles. The smallest absolute Gasteiger partial charge is 0.412 e. The topological polar surface area (TPSA) is 67.4 Å². The highest BCUT2D eigenvalue weighted by Crippen LogP contribution is 2.46. The highest BCUT2D eigenvalue weighted by molar-refractivity contribution is 6.60. The third kappa shape index (κ3) is 4.05. The molecule has 3 rings (SSSR count). The number of ether oxygens (including phenoxy) is 1. The van der Waals surface area contributed by atoms with Gasteiger partial charge in [-0.15, -0.1) is 0 Å². The van der Waals surface area contributed by atoms with Crippen LogP contribution in [-0.2, 0) is 4.74 Å². The molecule has 1 aliphatic rings. The van der Waals surface area contributed by atoms with Crippen molar-refractivity contribution >= 4 is 36.7 Å². The number of amides is 2. The van der Waals surface area contributed by atoms with Crippen LogP contribution in [-0.4, -0.2) is 25.3 Å². The molecule has 2 N–H and O–H groups in total. The van der Waals surface area contributed by atoms with Crippen LogP contribution < -0.4 is 10.6 Å². The Hall–Kier alpha value is -3.02. The summed E-state index contributed by atoms with van der Waals surface area (Å²) in [6.07, 6.45) is 1.52. The lowest BCUT2D eigenvalue weighted by molar-refractivity contribution is 0.0636. The minimum absolute atomic E-state index is 0.493. The summed E-state index contributed by atoms with van der Waals surface area (Å²) >= 11 is 0. The summed E-state index contributed by atoms with van der Waals surface area (Å²) in [5.74, 6) is -0.601. The molecule has 2 radical (unpaired) electrons. The first-order chi connectivity index (χ1) is 12.7. The first-order valence-corrected chi connectivity index (χ1v) is 8.70. The molecule has 27 heavy (non-hydrogen) atoms. The quantitative estimate of drug-likeness (QED) is 0.620. The summed E-state index contributed by atoms with van der Waals surface area (Å²) in [5.41, 5.74) is 5.92. The summed E-state index contributed by atoms with van der Waals surface area (Å²) in [7, 11) is 5.21. The lowest BCUT2D eigenvalue weighted by Crippen LogP contribution is -2.27. The molecule has 2 aromatic rings. The molecule has 5 nitrogen and oxygen atoms in total. The zero-order valence-corrected chi connectivity index (χ0v) is 15.8. The van der Waals surface area contributed by atoms with E-state index in [-0.39, 0.29) is 0 Å². The van der Waals surface area contributed by atoms with Crippen molar-refractivity contribution in [2.24, 2.45) is 0 Å². The number of allylic oxidation sites excluding steroid dienone is 1. The van der Waals surface area contributed by atoms with Crippen molar-refractivity contribution in [3.63, 3.8) is 0 Å². The van der Waals surface area contributed by atoms with Gasteiger partial charge in [0.05, 0.1) is 0 Å². The van der Waals surface area contributed by atoms with Gasteiger partial charge in [-0.2, -0.15) is 0 Å². The fourth-order valence-corrected chi connectivity index (χ4v) is 3.18. The second-order valence-corrected chi connectivity index (χ2v) is 7.34. The second kappa shape index (κ2) is 6.95. The second-order valence-electron chi connectivity index (χ2n) is 7.34. The van der Waals surface area contributed by atoms with Crippen LogP contribution in [0.1, 0.15) is 38.8 Å². The number of hydrogen-bond donors (Lipinski definition) is 2. The van der Waals surface area contributed by atoms with Crippen LogP contribution in [0.15, 0.2) is 42.5 Å². The lowest BCUT2D eigenvalue weighted by atomic mass is 10.0. The van der Waals surface area contributed by atoms with Gasteiger partial charge >= 0.3 is 6.09 Å². The van der Waals surface area contributed by atoms with Gasteiger partial charge in [-0.25, -0.2) is 4.79 Å². The summed E-state index contributed by atoms with van der Waals surface area (Å²) < 4.78 is 5.31. The third-order valence-corrected chi connectivity index (χ3v) is 4.11. The summed E-state index contributed by atoms with van der Waals surface area (Å²) in [4.78, 5) is 23.2. The molecule has 6 heteroatoms. The predicted molar refractivity (Wildman–Crippen MR) is 109 cm³/mol. The van der Waals surface area contributed by atoms with Gasteiger partial charge in [0.1, 0.15) is 5.60 Å². The molecule has 0 aromatic heterocycles. The van der Waals surface area contributed by atoms with Crippen molar-refractivity contribution < 1.29 is 14.3 Å². The lowest BCUT2D eigenvalue weighted by Gasteiger charge is -2.19. The van der Waals surface area contributed by atoms with E-state index in [9.17, 15) is 9.59 Å². The Balaban J connectivity index is 1.93. The molecule has 0 bridgehead atoms. The van der Waals surface area contributed by atoms with Crippen LogP contribution in [0.3, 0.4) is 0 Å². The molecule has 136 valence electrons. The normalized spacial score (nSPS) is 13.7. The van der Waals surface area contributed by atoms with Crippen molar-refractivity contribution in [2.45, 2.75) is 33.3 Å². The summed E-state index contributed by atoms with van der Waals surface area (Å²) in [5, 5.41) is 5.38. The van der Waals surface area contributed by atoms with E-state index in [1.807, 2.05) is 70.2 Å². The number of rotatable bonds is 2. The SMILES string of the molecule is [B]C(=O)Nc1ccc2c(c1)/C(=C\C)c1cc(NC(=O)OC(C)(C)C)ccc1-2. The molecular weight excluding hydrogens is 339 g/mol. The minimum Gasteiger partial charge on any atom is -0.444 e. The Kier molecular flexibility index (Phi) is 4.83. The van der Waals surface area contributed by atoms with Gasteiger partial charge in [0.25, 0.3) is 0 Å². The van der Waals surface area contributed by atoms with Crippen LogP contribution >= 0.6 is 0 Å². The van der Waals surface area contributed by atoms with E-state index in [0.29, 0.717) is 11.4 Å². The number of fused-ring (bicyclic) bond motifs is 3. The number of hydrogen-bond acceptors (Lipinski definition) is 3. The van der Waals surface area contributed by atoms with Gasteiger partial charge in [-0.3, -0.25) is 10.1 Å². The first kappa shape index (κ1) is 18.8. The molecule has 0 fully saturated rings. The molecule has 0 unspecified atom stereocenters. The van der Waals surface area contributed by atoms with E-state index in [1.54, 1.807) is 0 Å². The van der Waals surface area contributed by atoms with Crippen molar-refractivity contribution in [2.75, 3.05) is 10.6 Å². The standard InChI is InChI=1S/C21H21BN2O3/c1-5-14-17-10-12(23-19(22)25)6-8-15(17)16-9-7-13(11-18(14)16)24-20(26)27-21(2,3)4/h5-11H,1-4H3,(H,23,25)(H,24,26)/b14-5+. The fraction of sp³-hybridized carbons (Fsp3) is 0.238. The number of benzene rings is 2. The average Bonchev–Trinajstić information content (AvgIpc) is 2.84. The van der Waals surface area contributed by atoms with E-state index in [0.717, 1.165) is 27.8 Å². The van der Waals surface area contributed by atoms with Crippen molar-refractivity contribution in [1.29, 1.82) is 0 Å². The van der Waals surface area contributed by atoms with Gasteiger partial charge in [-0.05, 0) is 79.8 Å². The molecule has 2 amide bonds. The molecule has 0 aliphatic heterocycles. The molecule has 2 aromatic carbocycles. The highest BCUT2D eigenvalue weighted by atomic mass is 16.6. The summed E-state index contributed by atoms with van der Waals surface area (Å²) in [6, 6.07) is 11.4. The first-order valence-electron chi connectivity index (χ1n) is 8.70. The van der Waals surface area contributed by atoms with E-state index in [2.05, 4.69) is 10.6 Å².